The molecule has 0 saturated heterocycles. The van der Waals surface area contributed by atoms with Crippen molar-refractivity contribution in [1.29, 1.82) is 0 Å². The van der Waals surface area contributed by atoms with E-state index in [2.05, 4.69) is 10.1 Å². The lowest BCUT2D eigenvalue weighted by molar-refractivity contribution is 0.393. The number of hydrogen-bond donors (Lipinski definition) is 2. The predicted octanol–water partition coefficient (Wildman–Crippen LogP) is 1.35. The van der Waals surface area contributed by atoms with Gasteiger partial charge in [0.1, 0.15) is 5.76 Å². The molecule has 78 valence electrons. The fraction of sp³-hybridized carbons (Fsp3) is 0.200. The third-order valence-electron chi connectivity index (χ3n) is 2.21. The van der Waals surface area contributed by atoms with Gasteiger partial charge in [0.2, 0.25) is 0 Å². The number of aromatic amines is 1. The zero-order valence-corrected chi connectivity index (χ0v) is 8.37. The van der Waals surface area contributed by atoms with E-state index in [4.69, 9.17) is 4.52 Å². The molecule has 5 heteroatoms. The van der Waals surface area contributed by atoms with Gasteiger partial charge in [0.25, 0.3) is 5.56 Å². The second-order valence-electron chi connectivity index (χ2n) is 3.30. The molecule has 2 N–H and O–H groups in total. The summed E-state index contributed by atoms with van der Waals surface area (Å²) < 4.78 is 5.00. The highest BCUT2D eigenvalue weighted by atomic mass is 16.5. The Morgan fingerprint density at radius 1 is 1.47 bits per heavy atom. The topological polar surface area (TPSA) is 79.1 Å². The van der Waals surface area contributed by atoms with Crippen molar-refractivity contribution in [2.45, 2.75) is 13.8 Å². The number of aromatic nitrogens is 2. The summed E-state index contributed by atoms with van der Waals surface area (Å²) in [6.07, 6.45) is 1.52. The molecule has 0 aliphatic carbocycles. The molecular weight excluding hydrogens is 196 g/mol. The number of nitrogens with zero attached hydrogens (tertiary/aromatic N) is 1. The Balaban J connectivity index is 2.64. The molecule has 2 rings (SSSR count). The Labute approximate surface area is 85.4 Å². The fourth-order valence-electron chi connectivity index (χ4n) is 1.51. The molecule has 0 aliphatic heterocycles. The van der Waals surface area contributed by atoms with E-state index in [1.54, 1.807) is 13.8 Å². The lowest BCUT2D eigenvalue weighted by Crippen LogP contribution is -2.03. The predicted molar refractivity (Wildman–Crippen MR) is 53.7 cm³/mol. The maximum absolute atomic E-state index is 11.0. The summed E-state index contributed by atoms with van der Waals surface area (Å²) in [7, 11) is 0. The standard InChI is InChI=1S/C10H10N2O3/c1-5-9(6(2)15-12-5)7-3-8(13)10(14)11-4-7/h3-4,13H,1-2H3,(H,11,14). The van der Waals surface area contributed by atoms with Crippen LogP contribution < -0.4 is 5.56 Å². The second-order valence-corrected chi connectivity index (χ2v) is 3.30. The van der Waals surface area contributed by atoms with Crippen LogP contribution in [-0.2, 0) is 0 Å². The highest BCUT2D eigenvalue weighted by Gasteiger charge is 2.12. The lowest BCUT2D eigenvalue weighted by Gasteiger charge is -1.99. The highest BCUT2D eigenvalue weighted by Crippen LogP contribution is 2.26. The van der Waals surface area contributed by atoms with Crippen molar-refractivity contribution in [3.05, 3.63) is 34.1 Å². The van der Waals surface area contributed by atoms with Gasteiger partial charge in [-0.15, -0.1) is 0 Å². The molecule has 0 bridgehead atoms. The van der Waals surface area contributed by atoms with E-state index in [1.807, 2.05) is 0 Å². The molecule has 2 aromatic heterocycles. The van der Waals surface area contributed by atoms with Crippen LogP contribution in [0, 0.1) is 13.8 Å². The molecule has 0 aliphatic rings. The van der Waals surface area contributed by atoms with Crippen LogP contribution in [-0.4, -0.2) is 15.2 Å². The maximum atomic E-state index is 11.0. The first-order valence-corrected chi connectivity index (χ1v) is 4.44. The van der Waals surface area contributed by atoms with Gasteiger partial charge in [-0.2, -0.15) is 0 Å². The van der Waals surface area contributed by atoms with E-state index in [-0.39, 0.29) is 5.75 Å². The lowest BCUT2D eigenvalue weighted by atomic mass is 10.1. The molecule has 0 unspecified atom stereocenters. The summed E-state index contributed by atoms with van der Waals surface area (Å²) in [5.41, 5.74) is 1.69. The Morgan fingerprint density at radius 2 is 2.20 bits per heavy atom. The summed E-state index contributed by atoms with van der Waals surface area (Å²) >= 11 is 0. The first kappa shape index (κ1) is 9.51. The van der Waals surface area contributed by atoms with Crippen LogP contribution in [0.2, 0.25) is 0 Å². The van der Waals surface area contributed by atoms with Crippen molar-refractivity contribution < 1.29 is 9.63 Å². The average Bonchev–Trinajstić information content (AvgIpc) is 2.52. The number of rotatable bonds is 1. The van der Waals surface area contributed by atoms with Gasteiger partial charge in [-0.1, -0.05) is 5.16 Å². The molecule has 15 heavy (non-hydrogen) atoms. The van der Waals surface area contributed by atoms with Crippen molar-refractivity contribution >= 4 is 0 Å². The van der Waals surface area contributed by atoms with E-state index in [0.717, 1.165) is 11.3 Å². The minimum atomic E-state index is -0.509. The zero-order valence-electron chi connectivity index (χ0n) is 8.37. The fourth-order valence-corrected chi connectivity index (χ4v) is 1.51. The van der Waals surface area contributed by atoms with E-state index in [0.29, 0.717) is 11.3 Å². The number of nitrogens with one attached hydrogen (secondary N) is 1. The first-order chi connectivity index (χ1) is 7.09. The molecule has 0 aromatic carbocycles. The molecule has 2 aromatic rings. The summed E-state index contributed by atoms with van der Waals surface area (Å²) in [6.45, 7) is 3.57. The molecule has 2 heterocycles. The smallest absolute Gasteiger partial charge is 0.290 e. The Hall–Kier alpha value is -2.04. The van der Waals surface area contributed by atoms with Crippen LogP contribution in [0.25, 0.3) is 11.1 Å². The van der Waals surface area contributed by atoms with Crippen molar-refractivity contribution in [3.8, 4) is 16.9 Å². The van der Waals surface area contributed by atoms with Crippen LogP contribution in [0.5, 0.6) is 5.75 Å². The van der Waals surface area contributed by atoms with Crippen molar-refractivity contribution in [2.24, 2.45) is 0 Å². The van der Waals surface area contributed by atoms with Crippen molar-refractivity contribution in [3.63, 3.8) is 0 Å². The molecule has 0 fully saturated rings. The van der Waals surface area contributed by atoms with Crippen LogP contribution in [0.1, 0.15) is 11.5 Å². The molecule has 0 amide bonds. The molecule has 0 saturated carbocycles. The summed E-state index contributed by atoms with van der Waals surface area (Å²) in [6, 6.07) is 1.39. The largest absolute Gasteiger partial charge is 0.503 e. The van der Waals surface area contributed by atoms with Gasteiger partial charge in [-0.3, -0.25) is 4.79 Å². The minimum Gasteiger partial charge on any atom is -0.503 e. The Bertz CT molecular complexity index is 535. The van der Waals surface area contributed by atoms with Crippen LogP contribution in [0.15, 0.2) is 21.6 Å². The minimum absolute atomic E-state index is 0.312. The van der Waals surface area contributed by atoms with Gasteiger partial charge >= 0.3 is 0 Å². The molecule has 0 radical (unpaired) electrons. The number of H-pyrrole nitrogens is 1. The number of aryl methyl sites for hydroxylation is 2. The molecule has 5 nitrogen and oxygen atoms in total. The van der Waals surface area contributed by atoms with Crippen molar-refractivity contribution in [1.82, 2.24) is 10.1 Å². The van der Waals surface area contributed by atoms with E-state index >= 15 is 0 Å². The number of hydrogen-bond acceptors (Lipinski definition) is 4. The Morgan fingerprint density at radius 3 is 2.73 bits per heavy atom. The van der Waals surface area contributed by atoms with Gasteiger partial charge in [0.05, 0.1) is 5.69 Å². The normalized spacial score (nSPS) is 10.5. The third kappa shape index (κ3) is 1.52. The molecular formula is C10H10N2O3. The van der Waals surface area contributed by atoms with E-state index in [1.165, 1.54) is 12.3 Å². The van der Waals surface area contributed by atoms with Crippen LogP contribution in [0.4, 0.5) is 0 Å². The average molecular weight is 206 g/mol. The summed E-state index contributed by atoms with van der Waals surface area (Å²) in [5.74, 6) is 0.339. The summed E-state index contributed by atoms with van der Waals surface area (Å²) in [4.78, 5) is 13.4. The van der Waals surface area contributed by atoms with Gasteiger partial charge in [-0.05, 0) is 19.9 Å². The summed E-state index contributed by atoms with van der Waals surface area (Å²) in [5, 5.41) is 13.1. The Kier molecular flexibility index (Phi) is 2.07. The highest BCUT2D eigenvalue weighted by molar-refractivity contribution is 5.67. The SMILES string of the molecule is Cc1noc(C)c1-c1c[nH]c(=O)c(O)c1. The van der Waals surface area contributed by atoms with Gasteiger partial charge < -0.3 is 14.6 Å². The number of aromatic hydroxyl groups is 1. The zero-order chi connectivity index (χ0) is 11.0. The van der Waals surface area contributed by atoms with Gasteiger partial charge in [0, 0.05) is 17.3 Å². The van der Waals surface area contributed by atoms with E-state index in [9.17, 15) is 9.90 Å². The molecule has 0 spiro atoms. The monoisotopic (exact) mass is 206 g/mol. The van der Waals surface area contributed by atoms with Crippen LogP contribution in [0.3, 0.4) is 0 Å². The first-order valence-electron chi connectivity index (χ1n) is 4.44. The van der Waals surface area contributed by atoms with Crippen LogP contribution >= 0.6 is 0 Å². The third-order valence-corrected chi connectivity index (χ3v) is 2.21. The second kappa shape index (κ2) is 3.27. The quantitative estimate of drug-likeness (QED) is 0.738. The van der Waals surface area contributed by atoms with Crippen molar-refractivity contribution in [2.75, 3.05) is 0 Å². The van der Waals surface area contributed by atoms with Gasteiger partial charge in [-0.25, -0.2) is 0 Å². The maximum Gasteiger partial charge on any atom is 0.290 e. The number of pyridine rings is 1. The van der Waals surface area contributed by atoms with E-state index < -0.39 is 5.56 Å². The van der Waals surface area contributed by atoms with Gasteiger partial charge in [0.15, 0.2) is 5.75 Å². The molecule has 0 atom stereocenters.